The summed E-state index contributed by atoms with van der Waals surface area (Å²) in [6, 6.07) is -0.365. The molecule has 2 atom stereocenters. The topological polar surface area (TPSA) is 98.1 Å². The van der Waals surface area contributed by atoms with Crippen LogP contribution in [0.2, 0.25) is 0 Å². The summed E-state index contributed by atoms with van der Waals surface area (Å²) in [5.74, 6) is 0.339. The third-order valence-corrected chi connectivity index (χ3v) is 8.12. The van der Waals surface area contributed by atoms with Crippen molar-refractivity contribution in [2.75, 3.05) is 11.5 Å². The van der Waals surface area contributed by atoms with Crippen LogP contribution in [0.3, 0.4) is 0 Å². The van der Waals surface area contributed by atoms with E-state index in [0.29, 0.717) is 17.7 Å². The van der Waals surface area contributed by atoms with E-state index < -0.39 is 9.84 Å². The summed E-state index contributed by atoms with van der Waals surface area (Å²) >= 11 is 1.58. The van der Waals surface area contributed by atoms with Gasteiger partial charge in [-0.3, -0.25) is 14.2 Å². The van der Waals surface area contributed by atoms with E-state index in [4.69, 9.17) is 0 Å². The molecule has 1 aliphatic carbocycles. The van der Waals surface area contributed by atoms with Crippen molar-refractivity contribution in [3.8, 4) is 0 Å². The van der Waals surface area contributed by atoms with Crippen molar-refractivity contribution in [3.63, 3.8) is 0 Å². The number of fused-ring (bicyclic) bond motifs is 3. The summed E-state index contributed by atoms with van der Waals surface area (Å²) in [5, 5.41) is 3.37. The molecule has 1 fully saturated rings. The number of hydrogen-bond donors (Lipinski definition) is 1. The quantitative estimate of drug-likeness (QED) is 0.832. The van der Waals surface area contributed by atoms with Crippen molar-refractivity contribution < 1.29 is 13.2 Å². The maximum absolute atomic E-state index is 12.9. The first-order chi connectivity index (χ1) is 12.3. The molecule has 7 nitrogen and oxygen atoms in total. The fourth-order valence-electron chi connectivity index (χ4n) is 3.82. The molecule has 0 spiro atoms. The lowest BCUT2D eigenvalue weighted by Crippen LogP contribution is -2.39. The van der Waals surface area contributed by atoms with E-state index in [1.165, 1.54) is 15.8 Å². The minimum atomic E-state index is -3.05. The Morgan fingerprint density at radius 1 is 1.42 bits per heavy atom. The summed E-state index contributed by atoms with van der Waals surface area (Å²) in [7, 11) is -3.05. The van der Waals surface area contributed by atoms with Crippen LogP contribution in [-0.4, -0.2) is 41.4 Å². The lowest BCUT2D eigenvalue weighted by atomic mass is 9.89. The van der Waals surface area contributed by atoms with Crippen LogP contribution in [-0.2, 0) is 34.0 Å². The molecule has 2 aliphatic rings. The predicted molar refractivity (Wildman–Crippen MR) is 100 cm³/mol. The van der Waals surface area contributed by atoms with Gasteiger partial charge in [-0.15, -0.1) is 11.3 Å². The standard InChI is InChI=1S/C17H21N3O4S2/c1-10-2-3-12-13(6-10)25-16-15(12)17(22)20(9-18-16)7-14(21)19-11-4-5-26(23,24)8-11/h9-11H,2-8H2,1H3,(H,19,21)/t10-,11+/m1/s1. The second kappa shape index (κ2) is 6.45. The van der Waals surface area contributed by atoms with Gasteiger partial charge in [-0.1, -0.05) is 6.92 Å². The number of aryl methyl sites for hydroxylation is 1. The number of rotatable bonds is 3. The lowest BCUT2D eigenvalue weighted by molar-refractivity contribution is -0.122. The smallest absolute Gasteiger partial charge is 0.262 e. The molecule has 4 rings (SSSR count). The zero-order chi connectivity index (χ0) is 18.5. The van der Waals surface area contributed by atoms with Crippen LogP contribution in [0.25, 0.3) is 10.2 Å². The van der Waals surface area contributed by atoms with Gasteiger partial charge in [-0.05, 0) is 37.2 Å². The lowest BCUT2D eigenvalue weighted by Gasteiger charge is -2.17. The molecule has 0 bridgehead atoms. The first-order valence-corrected chi connectivity index (χ1v) is 11.5. The molecule has 2 aromatic rings. The molecular weight excluding hydrogens is 374 g/mol. The number of amides is 1. The van der Waals surface area contributed by atoms with Crippen molar-refractivity contribution in [2.24, 2.45) is 5.92 Å². The van der Waals surface area contributed by atoms with Crippen LogP contribution in [0.15, 0.2) is 11.1 Å². The van der Waals surface area contributed by atoms with Gasteiger partial charge in [0.1, 0.15) is 11.4 Å². The van der Waals surface area contributed by atoms with Gasteiger partial charge in [0, 0.05) is 10.9 Å². The number of nitrogens with zero attached hydrogens (tertiary/aromatic N) is 2. The van der Waals surface area contributed by atoms with E-state index in [0.717, 1.165) is 29.7 Å². The molecular formula is C17H21N3O4S2. The maximum atomic E-state index is 12.9. The Morgan fingerprint density at radius 3 is 2.96 bits per heavy atom. The Hall–Kier alpha value is -1.74. The van der Waals surface area contributed by atoms with E-state index in [2.05, 4.69) is 17.2 Å². The van der Waals surface area contributed by atoms with Crippen molar-refractivity contribution in [1.29, 1.82) is 0 Å². The number of aromatic nitrogens is 2. The van der Waals surface area contributed by atoms with Crippen LogP contribution in [0.4, 0.5) is 0 Å². The summed E-state index contributed by atoms with van der Waals surface area (Å²) < 4.78 is 24.3. The molecule has 0 saturated carbocycles. The van der Waals surface area contributed by atoms with Crippen LogP contribution < -0.4 is 10.9 Å². The molecule has 1 aliphatic heterocycles. The fraction of sp³-hybridized carbons (Fsp3) is 0.588. The molecule has 140 valence electrons. The van der Waals surface area contributed by atoms with E-state index in [1.54, 1.807) is 11.3 Å². The van der Waals surface area contributed by atoms with Gasteiger partial charge in [0.2, 0.25) is 5.91 Å². The maximum Gasteiger partial charge on any atom is 0.262 e. The first kappa shape index (κ1) is 17.7. The second-order valence-corrected chi connectivity index (χ2v) is 10.7. The minimum absolute atomic E-state index is 0.0266. The van der Waals surface area contributed by atoms with Gasteiger partial charge < -0.3 is 5.32 Å². The molecule has 0 aromatic carbocycles. The van der Waals surface area contributed by atoms with Crippen LogP contribution in [0.5, 0.6) is 0 Å². The largest absolute Gasteiger partial charge is 0.351 e. The monoisotopic (exact) mass is 395 g/mol. The minimum Gasteiger partial charge on any atom is -0.351 e. The molecule has 26 heavy (non-hydrogen) atoms. The van der Waals surface area contributed by atoms with Crippen LogP contribution in [0.1, 0.15) is 30.2 Å². The Balaban J connectivity index is 1.56. The van der Waals surface area contributed by atoms with Gasteiger partial charge in [-0.2, -0.15) is 0 Å². The van der Waals surface area contributed by atoms with E-state index in [-0.39, 0.29) is 35.6 Å². The molecule has 0 radical (unpaired) electrons. The highest BCUT2D eigenvalue weighted by atomic mass is 32.2. The predicted octanol–water partition coefficient (Wildman–Crippen LogP) is 0.886. The molecule has 2 aromatic heterocycles. The Bertz CT molecular complexity index is 1040. The third-order valence-electron chi connectivity index (χ3n) is 5.19. The van der Waals surface area contributed by atoms with Gasteiger partial charge in [0.25, 0.3) is 5.56 Å². The second-order valence-electron chi connectivity index (χ2n) is 7.38. The highest BCUT2D eigenvalue weighted by Crippen LogP contribution is 2.35. The highest BCUT2D eigenvalue weighted by molar-refractivity contribution is 7.91. The summed E-state index contributed by atoms with van der Waals surface area (Å²) in [5.41, 5.74) is 0.911. The van der Waals surface area contributed by atoms with Crippen LogP contribution in [0, 0.1) is 5.92 Å². The van der Waals surface area contributed by atoms with Crippen molar-refractivity contribution in [3.05, 3.63) is 27.1 Å². The van der Waals surface area contributed by atoms with E-state index >= 15 is 0 Å². The van der Waals surface area contributed by atoms with Crippen molar-refractivity contribution in [1.82, 2.24) is 14.9 Å². The van der Waals surface area contributed by atoms with Crippen molar-refractivity contribution >= 4 is 37.3 Å². The number of carbonyl (C=O) groups excluding carboxylic acids is 1. The van der Waals surface area contributed by atoms with Gasteiger partial charge in [-0.25, -0.2) is 13.4 Å². The summed E-state index contributed by atoms with van der Waals surface area (Å²) in [4.78, 5) is 31.5. The SMILES string of the molecule is C[C@@H]1CCc2c(sc3ncn(CC(=O)N[C@H]4CCS(=O)(=O)C4)c(=O)c23)C1. The Morgan fingerprint density at radius 2 is 2.23 bits per heavy atom. The summed E-state index contributed by atoms with van der Waals surface area (Å²) in [6.07, 6.45) is 4.76. The number of nitrogens with one attached hydrogen (secondary N) is 1. The van der Waals surface area contributed by atoms with Crippen molar-refractivity contribution in [2.45, 2.75) is 45.2 Å². The van der Waals surface area contributed by atoms with Gasteiger partial charge in [0.15, 0.2) is 9.84 Å². The Kier molecular flexibility index (Phi) is 4.38. The number of thiophene rings is 1. The first-order valence-electron chi connectivity index (χ1n) is 8.82. The molecule has 9 heteroatoms. The molecule has 1 saturated heterocycles. The zero-order valence-corrected chi connectivity index (χ0v) is 16.2. The van der Waals surface area contributed by atoms with Crippen LogP contribution >= 0.6 is 11.3 Å². The summed E-state index contributed by atoms with van der Waals surface area (Å²) in [6.45, 7) is 2.08. The Labute approximate surface area is 155 Å². The average Bonchev–Trinajstić information content (AvgIpc) is 3.09. The number of carbonyl (C=O) groups is 1. The van der Waals surface area contributed by atoms with E-state index in [1.807, 2.05) is 0 Å². The van der Waals surface area contributed by atoms with E-state index in [9.17, 15) is 18.0 Å². The zero-order valence-electron chi connectivity index (χ0n) is 14.5. The molecule has 0 unspecified atom stereocenters. The highest BCUT2D eigenvalue weighted by Gasteiger charge is 2.29. The molecule has 1 N–H and O–H groups in total. The normalized spacial score (nSPS) is 24.5. The van der Waals surface area contributed by atoms with Gasteiger partial charge in [0.05, 0.1) is 23.2 Å². The van der Waals surface area contributed by atoms with Gasteiger partial charge >= 0.3 is 0 Å². The fourth-order valence-corrected chi connectivity index (χ4v) is 6.83. The molecule has 1 amide bonds. The number of hydrogen-bond acceptors (Lipinski definition) is 6. The third kappa shape index (κ3) is 3.29. The number of sulfone groups is 1. The molecule has 3 heterocycles. The average molecular weight is 396 g/mol.